The van der Waals surface area contributed by atoms with Crippen LogP contribution in [0.5, 0.6) is 0 Å². The minimum Gasteiger partial charge on any atom is -0.368 e. The van der Waals surface area contributed by atoms with E-state index in [1.54, 1.807) is 0 Å². The number of likely N-dealkylation sites (N-methyl/N-ethyl adjacent to an activating group) is 1. The second kappa shape index (κ2) is 5.43. The van der Waals surface area contributed by atoms with E-state index >= 15 is 0 Å². The van der Waals surface area contributed by atoms with Crippen molar-refractivity contribution >= 4 is 23.1 Å². The Kier molecular flexibility index (Phi) is 3.58. The van der Waals surface area contributed by atoms with E-state index in [0.717, 1.165) is 13.0 Å². The molecule has 1 saturated heterocycles. The highest BCUT2D eigenvalue weighted by Crippen LogP contribution is 2.54. The van der Waals surface area contributed by atoms with Gasteiger partial charge in [-0.25, -0.2) is 0 Å². The van der Waals surface area contributed by atoms with Crippen LogP contribution >= 0.6 is 23.1 Å². The van der Waals surface area contributed by atoms with Crippen molar-refractivity contribution in [1.82, 2.24) is 4.90 Å². The zero-order chi connectivity index (χ0) is 14.4. The zero-order valence-corrected chi connectivity index (χ0v) is 13.9. The third-order valence-corrected chi connectivity index (χ3v) is 6.55. The molecule has 0 amide bonds. The van der Waals surface area contributed by atoms with Crippen LogP contribution in [-0.4, -0.2) is 31.6 Å². The Morgan fingerprint density at radius 3 is 2.90 bits per heavy atom. The summed E-state index contributed by atoms with van der Waals surface area (Å²) in [6.07, 6.45) is 1.68. The normalized spacial score (nSPS) is 27.1. The molecule has 4 rings (SSSR count). The predicted molar refractivity (Wildman–Crippen MR) is 88.4 cm³/mol. The topological polar surface area (TPSA) is 12.5 Å². The van der Waals surface area contributed by atoms with Gasteiger partial charge in [-0.15, -0.1) is 11.3 Å². The van der Waals surface area contributed by atoms with Gasteiger partial charge in [0.2, 0.25) is 0 Å². The molecular formula is C17H19NOS2. The third kappa shape index (κ3) is 2.44. The minimum atomic E-state index is 0.229. The molecular weight excluding hydrogens is 298 g/mol. The summed E-state index contributed by atoms with van der Waals surface area (Å²) in [6, 6.07) is 11.1. The van der Waals surface area contributed by atoms with Gasteiger partial charge in [0, 0.05) is 22.9 Å². The van der Waals surface area contributed by atoms with Crippen molar-refractivity contribution < 1.29 is 4.74 Å². The van der Waals surface area contributed by atoms with E-state index in [1.165, 1.54) is 20.2 Å². The Labute approximate surface area is 134 Å². The molecule has 0 unspecified atom stereocenters. The lowest BCUT2D eigenvalue weighted by Crippen LogP contribution is -2.25. The molecule has 0 N–H and O–H groups in total. The van der Waals surface area contributed by atoms with Crippen molar-refractivity contribution in [2.24, 2.45) is 0 Å². The first kappa shape index (κ1) is 13.8. The van der Waals surface area contributed by atoms with Crippen LogP contribution < -0.4 is 0 Å². The fourth-order valence-electron chi connectivity index (χ4n) is 3.45. The van der Waals surface area contributed by atoms with Gasteiger partial charge in [-0.1, -0.05) is 30.0 Å². The number of thiophene rings is 1. The van der Waals surface area contributed by atoms with Crippen LogP contribution in [0.25, 0.3) is 0 Å². The summed E-state index contributed by atoms with van der Waals surface area (Å²) in [7, 11) is 4.24. The van der Waals surface area contributed by atoms with Gasteiger partial charge in [0.05, 0.1) is 16.4 Å². The first-order valence-electron chi connectivity index (χ1n) is 7.36. The molecule has 110 valence electrons. The van der Waals surface area contributed by atoms with Crippen molar-refractivity contribution in [3.05, 3.63) is 46.8 Å². The van der Waals surface area contributed by atoms with E-state index in [9.17, 15) is 0 Å². The molecule has 3 atom stereocenters. The number of ether oxygens (including phenoxy) is 1. The first-order chi connectivity index (χ1) is 10.2. The molecule has 1 aromatic carbocycles. The molecule has 1 fully saturated rings. The van der Waals surface area contributed by atoms with Crippen molar-refractivity contribution in [2.45, 2.75) is 33.7 Å². The lowest BCUT2D eigenvalue weighted by atomic mass is 9.88. The summed E-state index contributed by atoms with van der Waals surface area (Å²) in [5.41, 5.74) is 2.87. The van der Waals surface area contributed by atoms with Crippen molar-refractivity contribution in [1.29, 1.82) is 0 Å². The van der Waals surface area contributed by atoms with E-state index in [2.05, 4.69) is 54.7 Å². The number of fused-ring (bicyclic) bond motifs is 5. The Hall–Kier alpha value is -0.810. The molecule has 0 aliphatic carbocycles. The summed E-state index contributed by atoms with van der Waals surface area (Å²) in [5, 5.41) is 2.20. The average molecular weight is 317 g/mol. The molecule has 4 heteroatoms. The largest absolute Gasteiger partial charge is 0.368 e. The second-order valence-electron chi connectivity index (χ2n) is 6.09. The third-order valence-electron chi connectivity index (χ3n) is 4.28. The summed E-state index contributed by atoms with van der Waals surface area (Å²) in [4.78, 5) is 3.63. The highest BCUT2D eigenvalue weighted by molar-refractivity contribution is 8.01. The molecule has 2 aliphatic rings. The van der Waals surface area contributed by atoms with Gasteiger partial charge in [0.1, 0.15) is 0 Å². The van der Waals surface area contributed by atoms with E-state index in [-0.39, 0.29) is 6.10 Å². The predicted octanol–water partition coefficient (Wildman–Crippen LogP) is 4.39. The summed E-state index contributed by atoms with van der Waals surface area (Å²) in [5.74, 6) is 0.495. The molecule has 21 heavy (non-hydrogen) atoms. The van der Waals surface area contributed by atoms with Crippen LogP contribution in [0.15, 0.2) is 44.8 Å². The molecule has 2 aromatic rings. The number of hydrogen-bond donors (Lipinski definition) is 0. The molecule has 2 aliphatic heterocycles. The maximum Gasteiger partial charge on any atom is 0.0918 e. The van der Waals surface area contributed by atoms with E-state index < -0.39 is 0 Å². The van der Waals surface area contributed by atoms with E-state index in [1.807, 2.05) is 23.1 Å². The van der Waals surface area contributed by atoms with Crippen LogP contribution in [0.3, 0.4) is 0 Å². The zero-order valence-electron chi connectivity index (χ0n) is 12.3. The van der Waals surface area contributed by atoms with Gasteiger partial charge >= 0.3 is 0 Å². The lowest BCUT2D eigenvalue weighted by molar-refractivity contribution is 0.0264. The Morgan fingerprint density at radius 2 is 2.05 bits per heavy atom. The number of benzene rings is 1. The monoisotopic (exact) mass is 317 g/mol. The highest BCUT2D eigenvalue weighted by Gasteiger charge is 2.41. The number of hydrogen-bond acceptors (Lipinski definition) is 4. The molecule has 1 aromatic heterocycles. The summed E-state index contributed by atoms with van der Waals surface area (Å²) >= 11 is 3.75. The van der Waals surface area contributed by atoms with Crippen LogP contribution in [0.4, 0.5) is 0 Å². The SMILES string of the molecule is CN(C)C[C@@H]1C[C@@H]2c3ccccc3Sc3sccc3[C@H]2O1. The quantitative estimate of drug-likeness (QED) is 0.815. The van der Waals surface area contributed by atoms with Gasteiger partial charge in [-0.2, -0.15) is 0 Å². The minimum absolute atomic E-state index is 0.229. The standard InChI is InChI=1S/C17H19NOS2/c1-18(2)10-11-9-14-12-5-3-4-6-15(12)21-17-13(7-8-20-17)16(14)19-11/h3-8,11,14,16H,9-10H2,1-2H3/t11-,14+,16+/m0/s1. The molecule has 0 bridgehead atoms. The highest BCUT2D eigenvalue weighted by atomic mass is 32.2. The summed E-state index contributed by atoms with van der Waals surface area (Å²) in [6.45, 7) is 1.00. The van der Waals surface area contributed by atoms with E-state index in [0.29, 0.717) is 12.0 Å². The van der Waals surface area contributed by atoms with Crippen LogP contribution in [0, 0.1) is 0 Å². The first-order valence-corrected chi connectivity index (χ1v) is 9.06. The maximum absolute atomic E-state index is 6.45. The van der Waals surface area contributed by atoms with Crippen LogP contribution in [0.2, 0.25) is 0 Å². The fraction of sp³-hybridized carbons (Fsp3) is 0.412. The van der Waals surface area contributed by atoms with Crippen LogP contribution in [0.1, 0.15) is 29.6 Å². The van der Waals surface area contributed by atoms with E-state index in [4.69, 9.17) is 4.74 Å². The fourth-order valence-corrected chi connectivity index (χ4v) is 5.72. The van der Waals surface area contributed by atoms with Gasteiger partial charge in [-0.3, -0.25) is 0 Å². The maximum atomic E-state index is 6.45. The average Bonchev–Trinajstić information content (AvgIpc) is 3.03. The van der Waals surface area contributed by atoms with Gasteiger partial charge in [-0.05, 0) is 43.6 Å². The van der Waals surface area contributed by atoms with Gasteiger partial charge < -0.3 is 9.64 Å². The van der Waals surface area contributed by atoms with Gasteiger partial charge in [0.25, 0.3) is 0 Å². The Balaban J connectivity index is 1.76. The summed E-state index contributed by atoms with van der Waals surface area (Å²) < 4.78 is 7.85. The lowest BCUT2D eigenvalue weighted by Gasteiger charge is -2.18. The second-order valence-corrected chi connectivity index (χ2v) is 8.31. The number of rotatable bonds is 2. The smallest absolute Gasteiger partial charge is 0.0918 e. The van der Waals surface area contributed by atoms with Crippen LogP contribution in [-0.2, 0) is 4.74 Å². The van der Waals surface area contributed by atoms with Crippen molar-refractivity contribution in [3.63, 3.8) is 0 Å². The van der Waals surface area contributed by atoms with Gasteiger partial charge in [0.15, 0.2) is 0 Å². The Morgan fingerprint density at radius 1 is 1.19 bits per heavy atom. The molecule has 0 spiro atoms. The van der Waals surface area contributed by atoms with Crippen molar-refractivity contribution in [3.8, 4) is 0 Å². The van der Waals surface area contributed by atoms with Crippen molar-refractivity contribution in [2.75, 3.05) is 20.6 Å². The number of nitrogens with zero attached hydrogens (tertiary/aromatic N) is 1. The molecule has 0 radical (unpaired) electrons. The molecule has 2 nitrogen and oxygen atoms in total. The Bertz CT molecular complexity index is 652. The molecule has 0 saturated carbocycles. The molecule has 3 heterocycles.